The number of rotatable bonds is 1. The van der Waals surface area contributed by atoms with Crippen LogP contribution in [0, 0.1) is 0 Å². The van der Waals surface area contributed by atoms with E-state index >= 15 is 0 Å². The van der Waals surface area contributed by atoms with Gasteiger partial charge < -0.3 is 5.73 Å². The first-order valence-electron chi connectivity index (χ1n) is 6.90. The molecule has 1 aliphatic carbocycles. The van der Waals surface area contributed by atoms with E-state index in [1.807, 2.05) is 0 Å². The molecule has 2 nitrogen and oxygen atoms in total. The summed E-state index contributed by atoms with van der Waals surface area (Å²) in [6, 6.07) is 7.92. The summed E-state index contributed by atoms with van der Waals surface area (Å²) < 4.78 is 0. The summed E-state index contributed by atoms with van der Waals surface area (Å²) in [7, 11) is 0. The molecule has 17 heavy (non-hydrogen) atoms. The predicted molar refractivity (Wildman–Crippen MR) is 71.9 cm³/mol. The van der Waals surface area contributed by atoms with Crippen LogP contribution in [0.15, 0.2) is 18.2 Å². The van der Waals surface area contributed by atoms with Gasteiger partial charge in [0.2, 0.25) is 0 Å². The molecule has 2 aliphatic rings. The Morgan fingerprint density at radius 3 is 2.88 bits per heavy atom. The molecule has 2 N–H and O–H groups in total. The number of benzene rings is 1. The Morgan fingerprint density at radius 1 is 1.24 bits per heavy atom. The van der Waals surface area contributed by atoms with E-state index in [1.165, 1.54) is 44.2 Å². The molecular weight excluding hydrogens is 208 g/mol. The Bertz CT molecular complexity index is 413. The second kappa shape index (κ2) is 4.34. The van der Waals surface area contributed by atoms with Crippen molar-refractivity contribution in [2.45, 2.75) is 51.1 Å². The molecule has 0 spiro atoms. The van der Waals surface area contributed by atoms with Crippen LogP contribution in [0.2, 0.25) is 0 Å². The van der Waals surface area contributed by atoms with Gasteiger partial charge in [0.05, 0.1) is 0 Å². The van der Waals surface area contributed by atoms with E-state index in [2.05, 4.69) is 30.0 Å². The van der Waals surface area contributed by atoms with Gasteiger partial charge in [-0.1, -0.05) is 6.07 Å². The zero-order chi connectivity index (χ0) is 11.8. The lowest BCUT2D eigenvalue weighted by atomic mass is 9.86. The maximum absolute atomic E-state index is 5.89. The standard InChI is InChI=1S/C15H22N2/c1-11-4-3-9-17(11)15-6-2-5-12-10-13(16)7-8-14(12)15/h7-8,10-11,15H,2-6,9,16H2,1H3. The van der Waals surface area contributed by atoms with Gasteiger partial charge in [-0.3, -0.25) is 4.90 Å². The zero-order valence-electron chi connectivity index (χ0n) is 10.7. The van der Waals surface area contributed by atoms with Crippen LogP contribution >= 0.6 is 0 Å². The highest BCUT2D eigenvalue weighted by atomic mass is 15.2. The smallest absolute Gasteiger partial charge is 0.0353 e. The fourth-order valence-corrected chi connectivity index (χ4v) is 3.57. The second-order valence-electron chi connectivity index (χ2n) is 5.60. The Kier molecular flexibility index (Phi) is 2.83. The fourth-order valence-electron chi connectivity index (χ4n) is 3.57. The molecule has 1 aromatic rings. The summed E-state index contributed by atoms with van der Waals surface area (Å²) >= 11 is 0. The van der Waals surface area contributed by atoms with Gasteiger partial charge in [-0.25, -0.2) is 0 Å². The van der Waals surface area contributed by atoms with Crippen molar-refractivity contribution in [1.82, 2.24) is 4.90 Å². The lowest BCUT2D eigenvalue weighted by Gasteiger charge is -2.36. The minimum Gasteiger partial charge on any atom is -0.399 e. The van der Waals surface area contributed by atoms with Gasteiger partial charge in [0.15, 0.2) is 0 Å². The fraction of sp³-hybridized carbons (Fsp3) is 0.600. The summed E-state index contributed by atoms with van der Waals surface area (Å²) in [5.41, 5.74) is 9.84. The van der Waals surface area contributed by atoms with Crippen molar-refractivity contribution >= 4 is 5.69 Å². The van der Waals surface area contributed by atoms with E-state index in [0.29, 0.717) is 6.04 Å². The first-order chi connectivity index (χ1) is 8.25. The Hall–Kier alpha value is -1.02. The summed E-state index contributed by atoms with van der Waals surface area (Å²) in [6.45, 7) is 3.65. The topological polar surface area (TPSA) is 29.3 Å². The average Bonchev–Trinajstić information content (AvgIpc) is 2.74. The summed E-state index contributed by atoms with van der Waals surface area (Å²) in [6.07, 6.45) is 6.56. The van der Waals surface area contributed by atoms with Crippen LogP contribution in [-0.2, 0) is 6.42 Å². The molecule has 2 atom stereocenters. The van der Waals surface area contributed by atoms with Crippen molar-refractivity contribution in [3.8, 4) is 0 Å². The number of hydrogen-bond acceptors (Lipinski definition) is 2. The van der Waals surface area contributed by atoms with Gasteiger partial charge in [-0.05, 0) is 68.8 Å². The quantitative estimate of drug-likeness (QED) is 0.751. The molecular formula is C15H22N2. The number of likely N-dealkylation sites (tertiary alicyclic amines) is 1. The number of hydrogen-bond donors (Lipinski definition) is 1. The molecule has 2 unspecified atom stereocenters. The van der Waals surface area contributed by atoms with E-state index in [-0.39, 0.29) is 0 Å². The third kappa shape index (κ3) is 1.95. The van der Waals surface area contributed by atoms with Crippen molar-refractivity contribution in [3.63, 3.8) is 0 Å². The molecule has 1 fully saturated rings. The maximum atomic E-state index is 5.89. The van der Waals surface area contributed by atoms with E-state index in [9.17, 15) is 0 Å². The van der Waals surface area contributed by atoms with Crippen LogP contribution in [0.25, 0.3) is 0 Å². The lowest BCUT2D eigenvalue weighted by molar-refractivity contribution is 0.172. The van der Waals surface area contributed by atoms with E-state index < -0.39 is 0 Å². The number of nitrogens with two attached hydrogens (primary N) is 1. The second-order valence-corrected chi connectivity index (χ2v) is 5.60. The average molecular weight is 230 g/mol. The van der Waals surface area contributed by atoms with Gasteiger partial charge >= 0.3 is 0 Å². The van der Waals surface area contributed by atoms with Gasteiger partial charge in [0.1, 0.15) is 0 Å². The number of anilines is 1. The Balaban J connectivity index is 1.93. The maximum Gasteiger partial charge on any atom is 0.0353 e. The predicted octanol–water partition coefficient (Wildman–Crippen LogP) is 3.13. The molecule has 0 radical (unpaired) electrons. The minimum atomic E-state index is 0.650. The molecule has 1 aromatic carbocycles. The van der Waals surface area contributed by atoms with Crippen molar-refractivity contribution in [2.24, 2.45) is 0 Å². The number of fused-ring (bicyclic) bond motifs is 1. The van der Waals surface area contributed by atoms with Gasteiger partial charge in [-0.15, -0.1) is 0 Å². The molecule has 1 saturated heterocycles. The molecule has 0 bridgehead atoms. The zero-order valence-corrected chi connectivity index (χ0v) is 10.7. The Morgan fingerprint density at radius 2 is 2.12 bits per heavy atom. The lowest BCUT2D eigenvalue weighted by Crippen LogP contribution is -2.33. The SMILES string of the molecule is CC1CCCN1C1CCCc2cc(N)ccc21. The first kappa shape index (κ1) is 11.1. The van der Waals surface area contributed by atoms with Gasteiger partial charge in [0, 0.05) is 17.8 Å². The number of aryl methyl sites for hydroxylation is 1. The third-order valence-corrected chi connectivity index (χ3v) is 4.45. The van der Waals surface area contributed by atoms with Crippen molar-refractivity contribution in [1.29, 1.82) is 0 Å². The molecule has 0 amide bonds. The first-order valence-corrected chi connectivity index (χ1v) is 6.90. The number of nitrogen functional groups attached to an aromatic ring is 1. The summed E-state index contributed by atoms with van der Waals surface area (Å²) in [5, 5.41) is 0. The van der Waals surface area contributed by atoms with Crippen LogP contribution in [0.3, 0.4) is 0 Å². The largest absolute Gasteiger partial charge is 0.399 e. The van der Waals surface area contributed by atoms with Crippen molar-refractivity contribution < 1.29 is 0 Å². The van der Waals surface area contributed by atoms with Crippen LogP contribution in [0.4, 0.5) is 5.69 Å². The minimum absolute atomic E-state index is 0.650. The highest BCUT2D eigenvalue weighted by Gasteiger charge is 2.31. The summed E-state index contributed by atoms with van der Waals surface area (Å²) in [5.74, 6) is 0. The van der Waals surface area contributed by atoms with Crippen molar-refractivity contribution in [3.05, 3.63) is 29.3 Å². The van der Waals surface area contributed by atoms with Crippen LogP contribution in [0.1, 0.15) is 49.8 Å². The Labute approximate surface area is 104 Å². The molecule has 92 valence electrons. The molecule has 1 aliphatic heterocycles. The van der Waals surface area contributed by atoms with Crippen LogP contribution < -0.4 is 5.73 Å². The molecule has 0 saturated carbocycles. The van der Waals surface area contributed by atoms with Crippen molar-refractivity contribution in [2.75, 3.05) is 12.3 Å². The van der Waals surface area contributed by atoms with E-state index in [4.69, 9.17) is 5.73 Å². The normalized spacial score (nSPS) is 29.2. The number of nitrogens with zero attached hydrogens (tertiary/aromatic N) is 1. The summed E-state index contributed by atoms with van der Waals surface area (Å²) in [4.78, 5) is 2.70. The molecule has 1 heterocycles. The monoisotopic (exact) mass is 230 g/mol. The highest BCUT2D eigenvalue weighted by molar-refractivity contribution is 5.46. The molecule has 0 aromatic heterocycles. The third-order valence-electron chi connectivity index (χ3n) is 4.45. The van der Waals surface area contributed by atoms with Crippen LogP contribution in [-0.4, -0.2) is 17.5 Å². The van der Waals surface area contributed by atoms with Gasteiger partial charge in [0.25, 0.3) is 0 Å². The molecule has 2 heteroatoms. The van der Waals surface area contributed by atoms with E-state index in [0.717, 1.165) is 11.7 Å². The van der Waals surface area contributed by atoms with E-state index in [1.54, 1.807) is 5.56 Å². The van der Waals surface area contributed by atoms with Gasteiger partial charge in [-0.2, -0.15) is 0 Å². The highest BCUT2D eigenvalue weighted by Crippen LogP contribution is 2.38. The van der Waals surface area contributed by atoms with Crippen LogP contribution in [0.5, 0.6) is 0 Å². The molecule has 3 rings (SSSR count).